The van der Waals surface area contributed by atoms with Crippen molar-refractivity contribution in [3.63, 3.8) is 0 Å². The van der Waals surface area contributed by atoms with Crippen molar-refractivity contribution in [3.05, 3.63) is 82.7 Å². The van der Waals surface area contributed by atoms with Crippen molar-refractivity contribution in [1.29, 1.82) is 0 Å². The van der Waals surface area contributed by atoms with Crippen LogP contribution in [0.15, 0.2) is 80.7 Å². The maximum atomic E-state index is 12.4. The molecule has 0 aliphatic rings. The second-order valence-electron chi connectivity index (χ2n) is 5.40. The maximum Gasteiger partial charge on any atom is 0.261 e. The summed E-state index contributed by atoms with van der Waals surface area (Å²) in [5.74, 6) is 0.302. The second kappa shape index (κ2) is 7.76. The minimum atomic E-state index is -3.74. The fraction of sp³-hybridized carbons (Fsp3) is 0.0556. The molecule has 2 aromatic carbocycles. The highest BCUT2D eigenvalue weighted by Crippen LogP contribution is 2.19. The summed E-state index contributed by atoms with van der Waals surface area (Å²) in [7, 11) is -3.74. The van der Waals surface area contributed by atoms with Crippen LogP contribution in [0.5, 0.6) is 0 Å². The van der Waals surface area contributed by atoms with Crippen molar-refractivity contribution >= 4 is 37.5 Å². The van der Waals surface area contributed by atoms with Gasteiger partial charge in [0.2, 0.25) is 0 Å². The number of halogens is 1. The van der Waals surface area contributed by atoms with Gasteiger partial charge in [-0.25, -0.2) is 8.42 Å². The summed E-state index contributed by atoms with van der Waals surface area (Å²) < 4.78 is 33.3. The number of hydrogen-bond donors (Lipinski definition) is 2. The third kappa shape index (κ3) is 4.53. The van der Waals surface area contributed by atoms with Crippen LogP contribution in [0.2, 0.25) is 0 Å². The normalized spacial score (nSPS) is 11.1. The van der Waals surface area contributed by atoms with E-state index in [1.54, 1.807) is 42.5 Å². The van der Waals surface area contributed by atoms with Crippen molar-refractivity contribution in [1.82, 2.24) is 5.32 Å². The number of carbonyl (C=O) groups is 1. The molecule has 1 aromatic heterocycles. The van der Waals surface area contributed by atoms with E-state index in [9.17, 15) is 13.2 Å². The first kappa shape index (κ1) is 18.2. The summed E-state index contributed by atoms with van der Waals surface area (Å²) in [4.78, 5) is 12.4. The number of hydrogen-bond acceptors (Lipinski definition) is 4. The van der Waals surface area contributed by atoms with Gasteiger partial charge in [0.15, 0.2) is 0 Å². The monoisotopic (exact) mass is 434 g/mol. The van der Waals surface area contributed by atoms with Crippen LogP contribution in [0.1, 0.15) is 16.1 Å². The number of furan rings is 1. The Morgan fingerprint density at radius 2 is 1.81 bits per heavy atom. The van der Waals surface area contributed by atoms with Gasteiger partial charge in [-0.1, -0.05) is 22.0 Å². The molecule has 0 spiro atoms. The molecule has 0 bridgehead atoms. The number of benzene rings is 2. The third-order valence-electron chi connectivity index (χ3n) is 3.50. The summed E-state index contributed by atoms with van der Waals surface area (Å²) in [6.07, 6.45) is 1.53. The van der Waals surface area contributed by atoms with Crippen LogP contribution in [-0.2, 0) is 16.6 Å². The minimum absolute atomic E-state index is 0.133. The number of anilines is 1. The number of carbonyl (C=O) groups excluding carboxylic acids is 1. The Kier molecular flexibility index (Phi) is 5.43. The molecule has 0 saturated carbocycles. The molecule has 8 heteroatoms. The molecular formula is C18H15BrN2O4S. The molecule has 1 amide bonds. The largest absolute Gasteiger partial charge is 0.467 e. The third-order valence-corrected chi connectivity index (χ3v) is 5.43. The van der Waals surface area contributed by atoms with Gasteiger partial charge in [-0.3, -0.25) is 9.52 Å². The van der Waals surface area contributed by atoms with Gasteiger partial charge < -0.3 is 9.73 Å². The Hall–Kier alpha value is -2.58. The van der Waals surface area contributed by atoms with E-state index in [1.807, 2.05) is 0 Å². The fourth-order valence-electron chi connectivity index (χ4n) is 2.23. The van der Waals surface area contributed by atoms with Crippen molar-refractivity contribution in [2.75, 3.05) is 4.72 Å². The zero-order valence-corrected chi connectivity index (χ0v) is 15.9. The molecule has 26 heavy (non-hydrogen) atoms. The van der Waals surface area contributed by atoms with Gasteiger partial charge >= 0.3 is 0 Å². The molecule has 134 valence electrons. The van der Waals surface area contributed by atoms with Gasteiger partial charge in [-0.2, -0.15) is 0 Å². The van der Waals surface area contributed by atoms with E-state index >= 15 is 0 Å². The van der Waals surface area contributed by atoms with E-state index in [-0.39, 0.29) is 17.3 Å². The average Bonchev–Trinajstić information content (AvgIpc) is 3.13. The summed E-state index contributed by atoms with van der Waals surface area (Å²) in [6.45, 7) is 0.251. The molecule has 3 rings (SSSR count). The summed E-state index contributed by atoms with van der Waals surface area (Å²) in [5.41, 5.74) is 0.645. The Morgan fingerprint density at radius 1 is 1.04 bits per heavy atom. The second-order valence-corrected chi connectivity index (χ2v) is 8.00. The molecule has 0 saturated heterocycles. The van der Waals surface area contributed by atoms with Gasteiger partial charge in [0.1, 0.15) is 5.76 Å². The van der Waals surface area contributed by atoms with Crippen LogP contribution in [0.4, 0.5) is 5.69 Å². The molecule has 0 radical (unpaired) electrons. The number of amides is 1. The van der Waals surface area contributed by atoms with Gasteiger partial charge in [-0.05, 0) is 54.6 Å². The highest BCUT2D eigenvalue weighted by Gasteiger charge is 2.15. The quantitative estimate of drug-likeness (QED) is 0.617. The molecule has 1 heterocycles. The lowest BCUT2D eigenvalue weighted by Crippen LogP contribution is -2.22. The first-order valence-corrected chi connectivity index (χ1v) is 9.91. The molecule has 0 aliphatic heterocycles. The molecule has 0 fully saturated rings. The highest BCUT2D eigenvalue weighted by atomic mass is 79.9. The Bertz CT molecular complexity index is 1000. The molecule has 0 atom stereocenters. The van der Waals surface area contributed by atoms with E-state index < -0.39 is 10.0 Å². The number of sulfonamides is 1. The van der Waals surface area contributed by atoms with Crippen molar-refractivity contribution < 1.29 is 17.6 Å². The first-order valence-electron chi connectivity index (χ1n) is 7.63. The lowest BCUT2D eigenvalue weighted by Gasteiger charge is -2.10. The van der Waals surface area contributed by atoms with Crippen LogP contribution >= 0.6 is 15.9 Å². The van der Waals surface area contributed by atoms with Gasteiger partial charge in [-0.15, -0.1) is 0 Å². The lowest BCUT2D eigenvalue weighted by molar-refractivity contribution is 0.0948. The van der Waals surface area contributed by atoms with Crippen LogP contribution in [-0.4, -0.2) is 14.3 Å². The SMILES string of the molecule is O=C(NCc1ccco1)c1cccc(NS(=O)(=O)c2ccc(Br)cc2)c1. The highest BCUT2D eigenvalue weighted by molar-refractivity contribution is 9.10. The van der Waals surface area contributed by atoms with Gasteiger partial charge in [0, 0.05) is 15.7 Å². The molecule has 2 N–H and O–H groups in total. The Morgan fingerprint density at radius 3 is 2.50 bits per heavy atom. The predicted molar refractivity (Wildman–Crippen MR) is 101 cm³/mol. The zero-order valence-electron chi connectivity index (χ0n) is 13.5. The van der Waals surface area contributed by atoms with E-state index in [4.69, 9.17) is 4.42 Å². The summed E-state index contributed by atoms with van der Waals surface area (Å²) in [5, 5.41) is 2.71. The molecular weight excluding hydrogens is 420 g/mol. The lowest BCUT2D eigenvalue weighted by atomic mass is 10.2. The zero-order chi connectivity index (χ0) is 18.6. The number of rotatable bonds is 6. The molecule has 6 nitrogen and oxygen atoms in total. The van der Waals surface area contributed by atoms with E-state index in [0.29, 0.717) is 17.0 Å². The van der Waals surface area contributed by atoms with Crippen molar-refractivity contribution in [3.8, 4) is 0 Å². The van der Waals surface area contributed by atoms with Crippen LogP contribution < -0.4 is 10.0 Å². The smallest absolute Gasteiger partial charge is 0.261 e. The number of nitrogens with one attached hydrogen (secondary N) is 2. The average molecular weight is 435 g/mol. The maximum absolute atomic E-state index is 12.4. The van der Waals surface area contributed by atoms with Gasteiger partial charge in [0.05, 0.1) is 17.7 Å². The summed E-state index contributed by atoms with van der Waals surface area (Å²) >= 11 is 3.27. The van der Waals surface area contributed by atoms with E-state index in [2.05, 4.69) is 26.0 Å². The van der Waals surface area contributed by atoms with Gasteiger partial charge in [0.25, 0.3) is 15.9 Å². The van der Waals surface area contributed by atoms with E-state index in [0.717, 1.165) is 4.47 Å². The molecule has 3 aromatic rings. The molecule has 0 unspecified atom stereocenters. The fourth-order valence-corrected chi connectivity index (χ4v) is 3.55. The van der Waals surface area contributed by atoms with E-state index in [1.165, 1.54) is 24.5 Å². The Labute approximate surface area is 159 Å². The van der Waals surface area contributed by atoms with Crippen LogP contribution in [0.3, 0.4) is 0 Å². The Balaban J connectivity index is 1.72. The van der Waals surface area contributed by atoms with Crippen molar-refractivity contribution in [2.24, 2.45) is 0 Å². The first-order chi connectivity index (χ1) is 12.4. The standard InChI is InChI=1S/C18H15BrN2O4S/c19-14-6-8-17(9-7-14)26(23,24)21-15-4-1-3-13(11-15)18(22)20-12-16-5-2-10-25-16/h1-11,21H,12H2,(H,20,22). The topological polar surface area (TPSA) is 88.4 Å². The minimum Gasteiger partial charge on any atom is -0.467 e. The van der Waals surface area contributed by atoms with Crippen molar-refractivity contribution in [2.45, 2.75) is 11.4 Å². The van der Waals surface area contributed by atoms with Crippen LogP contribution in [0, 0.1) is 0 Å². The summed E-state index contributed by atoms with van der Waals surface area (Å²) in [6, 6.07) is 16.0. The predicted octanol–water partition coefficient (Wildman–Crippen LogP) is 3.77. The van der Waals surface area contributed by atoms with Crippen LogP contribution in [0.25, 0.3) is 0 Å². The molecule has 0 aliphatic carbocycles.